The van der Waals surface area contributed by atoms with Crippen molar-refractivity contribution in [3.8, 4) is 0 Å². The number of hydrogen-bond acceptors (Lipinski definition) is 3. The lowest BCUT2D eigenvalue weighted by atomic mass is 10.1. The first-order valence-corrected chi connectivity index (χ1v) is 9.71. The Kier molecular flexibility index (Phi) is 6.82. The topological polar surface area (TPSA) is 66.5 Å². The lowest BCUT2D eigenvalue weighted by Gasteiger charge is -2.18. The summed E-state index contributed by atoms with van der Waals surface area (Å²) >= 11 is 0. The van der Waals surface area contributed by atoms with Crippen LogP contribution in [0.4, 0.5) is 26.3 Å². The van der Waals surface area contributed by atoms with Gasteiger partial charge >= 0.3 is 12.4 Å². The van der Waals surface area contributed by atoms with Gasteiger partial charge < -0.3 is 5.32 Å². The van der Waals surface area contributed by atoms with E-state index in [1.165, 1.54) is 13.1 Å². The third-order valence-electron chi connectivity index (χ3n) is 3.93. The smallest absolute Gasteiger partial charge is 0.343 e. The maximum atomic E-state index is 12.8. The maximum absolute atomic E-state index is 12.8. The molecule has 30 heavy (non-hydrogen) atoms. The fraction of sp³-hybridized carbons (Fsp3) is 0.278. The van der Waals surface area contributed by atoms with Gasteiger partial charge in [-0.15, -0.1) is 0 Å². The van der Waals surface area contributed by atoms with E-state index in [0.29, 0.717) is 0 Å². The zero-order valence-electron chi connectivity index (χ0n) is 15.4. The summed E-state index contributed by atoms with van der Waals surface area (Å²) in [6, 6.07) is 8.33. The summed E-state index contributed by atoms with van der Waals surface area (Å²) in [5.41, 5.74) is -0.988. The van der Waals surface area contributed by atoms with Crippen LogP contribution in [0.3, 0.4) is 0 Å². The molecule has 1 N–H and O–H groups in total. The third-order valence-corrected chi connectivity index (χ3v) is 5.75. The van der Waals surface area contributed by atoms with Crippen molar-refractivity contribution in [2.45, 2.75) is 23.8 Å². The van der Waals surface area contributed by atoms with Crippen LogP contribution in [0.5, 0.6) is 0 Å². The van der Waals surface area contributed by atoms with Gasteiger partial charge in [-0.2, -0.15) is 30.6 Å². The summed E-state index contributed by atoms with van der Waals surface area (Å²) in [5.74, 6) is -1.03. The van der Waals surface area contributed by atoms with E-state index in [2.05, 4.69) is 0 Å². The van der Waals surface area contributed by atoms with Crippen molar-refractivity contribution in [3.63, 3.8) is 0 Å². The summed E-state index contributed by atoms with van der Waals surface area (Å²) in [6.45, 7) is -1.88. The van der Waals surface area contributed by atoms with Crippen LogP contribution in [0, 0.1) is 0 Å². The third kappa shape index (κ3) is 6.20. The van der Waals surface area contributed by atoms with Crippen LogP contribution in [0.2, 0.25) is 0 Å². The van der Waals surface area contributed by atoms with Gasteiger partial charge in [0.25, 0.3) is 5.91 Å². The molecule has 0 bridgehead atoms. The molecule has 164 valence electrons. The van der Waals surface area contributed by atoms with Gasteiger partial charge in [-0.1, -0.05) is 18.2 Å². The van der Waals surface area contributed by atoms with E-state index in [9.17, 15) is 39.6 Å². The minimum absolute atomic E-state index is 0.110. The van der Waals surface area contributed by atoms with Gasteiger partial charge in [0.1, 0.15) is 6.54 Å². The summed E-state index contributed by atoms with van der Waals surface area (Å²) in [4.78, 5) is 11.4. The van der Waals surface area contributed by atoms with Gasteiger partial charge in [-0.25, -0.2) is 8.42 Å². The van der Waals surface area contributed by atoms with Crippen molar-refractivity contribution in [3.05, 3.63) is 65.2 Å². The second-order valence-electron chi connectivity index (χ2n) is 6.28. The Morgan fingerprint density at radius 2 is 1.60 bits per heavy atom. The molecular formula is C18H16F6N2O3S. The number of amides is 1. The van der Waals surface area contributed by atoms with Crippen molar-refractivity contribution < 1.29 is 39.6 Å². The monoisotopic (exact) mass is 454 g/mol. The number of sulfonamides is 1. The van der Waals surface area contributed by atoms with Crippen LogP contribution < -0.4 is 5.32 Å². The Bertz CT molecular complexity index is 1000. The molecule has 2 aromatic carbocycles. The van der Waals surface area contributed by atoms with E-state index >= 15 is 0 Å². The van der Waals surface area contributed by atoms with E-state index in [4.69, 9.17) is 0 Å². The molecule has 0 unspecified atom stereocenters. The van der Waals surface area contributed by atoms with Crippen molar-refractivity contribution in [1.29, 1.82) is 0 Å². The van der Waals surface area contributed by atoms with E-state index in [-0.39, 0.29) is 22.6 Å². The normalized spacial score (nSPS) is 12.8. The lowest BCUT2D eigenvalue weighted by molar-refractivity contribution is -0.137. The summed E-state index contributed by atoms with van der Waals surface area (Å²) in [7, 11) is -2.96. The highest BCUT2D eigenvalue weighted by atomic mass is 32.2. The largest absolute Gasteiger partial charge is 0.416 e. The summed E-state index contributed by atoms with van der Waals surface area (Å²) in [5, 5.41) is 1.65. The van der Waals surface area contributed by atoms with Crippen LogP contribution in [0.15, 0.2) is 53.4 Å². The molecule has 0 aliphatic heterocycles. The number of carbonyl (C=O) groups excluding carboxylic acids is 1. The molecule has 2 aromatic rings. The predicted molar refractivity (Wildman–Crippen MR) is 94.9 cm³/mol. The van der Waals surface area contributed by atoms with Crippen LogP contribution in [-0.4, -0.2) is 38.4 Å². The molecular weight excluding hydrogens is 438 g/mol. The Hall–Kier alpha value is -2.60. The number of halogens is 6. The minimum atomic E-state index is -4.59. The molecule has 2 rings (SSSR count). The van der Waals surface area contributed by atoms with E-state index < -0.39 is 40.4 Å². The molecule has 12 heteroatoms. The summed E-state index contributed by atoms with van der Waals surface area (Å²) in [6.07, 6.45) is -9.17. The fourth-order valence-electron chi connectivity index (χ4n) is 2.43. The molecule has 5 nitrogen and oxygen atoms in total. The SMILES string of the molecule is CN(Cc1cccc(C(F)(F)F)c1)S(=O)(=O)c1ccc(C(=O)NCC(F)(F)F)cc1. The fourth-order valence-corrected chi connectivity index (χ4v) is 3.59. The first-order valence-electron chi connectivity index (χ1n) is 8.27. The highest BCUT2D eigenvalue weighted by Gasteiger charge is 2.31. The number of carbonyl (C=O) groups is 1. The number of nitrogens with zero attached hydrogens (tertiary/aromatic N) is 1. The number of rotatable bonds is 6. The second-order valence-corrected chi connectivity index (χ2v) is 8.33. The molecule has 0 aliphatic carbocycles. The van der Waals surface area contributed by atoms with Crippen molar-refractivity contribution in [1.82, 2.24) is 9.62 Å². The average Bonchev–Trinajstić information content (AvgIpc) is 2.65. The van der Waals surface area contributed by atoms with Crippen LogP contribution >= 0.6 is 0 Å². The van der Waals surface area contributed by atoms with Crippen molar-refractivity contribution in [2.24, 2.45) is 0 Å². The Balaban J connectivity index is 2.14. The maximum Gasteiger partial charge on any atom is 0.416 e. The first-order chi connectivity index (χ1) is 13.7. The molecule has 0 heterocycles. The lowest BCUT2D eigenvalue weighted by Crippen LogP contribution is -2.33. The minimum Gasteiger partial charge on any atom is -0.343 e. The number of hydrogen-bond donors (Lipinski definition) is 1. The van der Waals surface area contributed by atoms with Crippen LogP contribution in [-0.2, 0) is 22.7 Å². The zero-order chi connectivity index (χ0) is 22.7. The Morgan fingerprint density at radius 1 is 1.00 bits per heavy atom. The molecule has 0 saturated heterocycles. The molecule has 0 aliphatic rings. The van der Waals surface area contributed by atoms with Crippen LogP contribution in [0.1, 0.15) is 21.5 Å². The molecule has 0 saturated carbocycles. The van der Waals surface area contributed by atoms with E-state index in [1.807, 2.05) is 0 Å². The predicted octanol–water partition coefficient (Wildman–Crippen LogP) is 3.82. The van der Waals surface area contributed by atoms with Gasteiger partial charge in [0.2, 0.25) is 10.0 Å². The molecule has 0 radical (unpaired) electrons. The Morgan fingerprint density at radius 3 is 2.13 bits per heavy atom. The number of nitrogens with one attached hydrogen (secondary N) is 1. The van der Waals surface area contributed by atoms with Gasteiger partial charge in [0.15, 0.2) is 0 Å². The molecule has 0 aromatic heterocycles. The van der Waals surface area contributed by atoms with Gasteiger partial charge in [0.05, 0.1) is 10.5 Å². The average molecular weight is 454 g/mol. The van der Waals surface area contributed by atoms with Crippen LogP contribution in [0.25, 0.3) is 0 Å². The molecule has 1 amide bonds. The first kappa shape index (κ1) is 23.7. The van der Waals surface area contributed by atoms with E-state index in [1.54, 1.807) is 5.32 Å². The number of alkyl halides is 6. The molecule has 0 atom stereocenters. The van der Waals surface area contributed by atoms with Crippen molar-refractivity contribution >= 4 is 15.9 Å². The van der Waals surface area contributed by atoms with Crippen molar-refractivity contribution in [2.75, 3.05) is 13.6 Å². The van der Waals surface area contributed by atoms with Gasteiger partial charge in [0, 0.05) is 19.2 Å². The quantitative estimate of drug-likeness (QED) is 0.675. The molecule has 0 spiro atoms. The number of benzene rings is 2. The van der Waals surface area contributed by atoms with Gasteiger partial charge in [-0.3, -0.25) is 4.79 Å². The Labute approximate surface area is 168 Å². The second kappa shape index (κ2) is 8.64. The summed E-state index contributed by atoms with van der Waals surface area (Å²) < 4.78 is 101. The highest BCUT2D eigenvalue weighted by molar-refractivity contribution is 7.89. The van der Waals surface area contributed by atoms with Gasteiger partial charge in [-0.05, 0) is 35.9 Å². The highest BCUT2D eigenvalue weighted by Crippen LogP contribution is 2.30. The molecule has 0 fully saturated rings. The standard InChI is InChI=1S/C18H16F6N2O3S/c1-26(10-12-3-2-4-14(9-12)18(22,23)24)30(28,29)15-7-5-13(6-8-15)16(27)25-11-17(19,20)21/h2-9H,10-11H2,1H3,(H,25,27). The zero-order valence-corrected chi connectivity index (χ0v) is 16.2. The van der Waals surface area contributed by atoms with E-state index in [0.717, 1.165) is 46.8 Å².